The zero-order valence-corrected chi connectivity index (χ0v) is 13.9. The van der Waals surface area contributed by atoms with Gasteiger partial charge < -0.3 is 14.9 Å². The highest BCUT2D eigenvalue weighted by Crippen LogP contribution is 2.29. The smallest absolute Gasteiger partial charge is 0.284 e. The normalized spacial score (nSPS) is 14.8. The van der Waals surface area contributed by atoms with Crippen LogP contribution in [0.5, 0.6) is 5.75 Å². The van der Waals surface area contributed by atoms with Crippen molar-refractivity contribution in [3.05, 3.63) is 53.0 Å². The molecular weight excluding hydrogens is 322 g/mol. The van der Waals surface area contributed by atoms with Crippen LogP contribution < -0.4 is 15.9 Å². The third-order valence-corrected chi connectivity index (χ3v) is 3.98. The number of ether oxygens (including phenoxy) is 1. The molecule has 2 aromatic rings. The number of hydrogen-bond donors (Lipinski definition) is 2. The molecule has 1 aliphatic carbocycles. The fourth-order valence-corrected chi connectivity index (χ4v) is 2.84. The van der Waals surface area contributed by atoms with Crippen molar-refractivity contribution >= 4 is 17.5 Å². The SMILES string of the molecule is Cc1c(C(N)=O)oc2c1/C(=N/NC(=O)COc1ccccc1)CCC2. The number of para-hydroxylation sites is 1. The van der Waals surface area contributed by atoms with E-state index in [9.17, 15) is 9.59 Å². The third-order valence-electron chi connectivity index (χ3n) is 3.98. The Morgan fingerprint density at radius 1 is 1.28 bits per heavy atom. The summed E-state index contributed by atoms with van der Waals surface area (Å²) in [4.78, 5) is 23.4. The summed E-state index contributed by atoms with van der Waals surface area (Å²) in [5.74, 6) is 0.484. The van der Waals surface area contributed by atoms with Crippen molar-refractivity contribution in [3.63, 3.8) is 0 Å². The monoisotopic (exact) mass is 341 g/mol. The van der Waals surface area contributed by atoms with Crippen LogP contribution in [-0.4, -0.2) is 24.1 Å². The van der Waals surface area contributed by atoms with Gasteiger partial charge >= 0.3 is 0 Å². The van der Waals surface area contributed by atoms with Crippen LogP contribution in [0, 0.1) is 6.92 Å². The Morgan fingerprint density at radius 3 is 2.76 bits per heavy atom. The minimum atomic E-state index is -0.605. The van der Waals surface area contributed by atoms with E-state index in [-0.39, 0.29) is 18.3 Å². The minimum absolute atomic E-state index is 0.134. The van der Waals surface area contributed by atoms with Crippen molar-refractivity contribution in [2.75, 3.05) is 6.61 Å². The number of carbonyl (C=O) groups excluding carboxylic acids is 2. The molecule has 0 radical (unpaired) electrons. The van der Waals surface area contributed by atoms with Crippen LogP contribution in [0.1, 0.15) is 40.3 Å². The Labute approximate surface area is 144 Å². The lowest BCUT2D eigenvalue weighted by molar-refractivity contribution is -0.123. The predicted octanol–water partition coefficient (Wildman–Crippen LogP) is 1.92. The first-order valence-corrected chi connectivity index (χ1v) is 8.02. The van der Waals surface area contributed by atoms with Crippen LogP contribution in [0.15, 0.2) is 39.9 Å². The molecule has 0 spiro atoms. The molecule has 0 bridgehead atoms. The Balaban J connectivity index is 1.69. The lowest BCUT2D eigenvalue weighted by atomic mass is 9.93. The number of carbonyl (C=O) groups is 2. The molecule has 0 saturated carbocycles. The number of amides is 2. The molecule has 3 N–H and O–H groups in total. The summed E-state index contributed by atoms with van der Waals surface area (Å²) in [6.45, 7) is 1.63. The van der Waals surface area contributed by atoms with E-state index in [0.717, 1.165) is 12.0 Å². The fraction of sp³-hybridized carbons (Fsp3) is 0.278. The number of aryl methyl sites for hydroxylation is 1. The third kappa shape index (κ3) is 3.71. The number of rotatable bonds is 5. The molecule has 1 aromatic carbocycles. The summed E-state index contributed by atoms with van der Waals surface area (Å²) in [6, 6.07) is 9.07. The van der Waals surface area contributed by atoms with Gasteiger partial charge in [-0.1, -0.05) is 18.2 Å². The van der Waals surface area contributed by atoms with E-state index in [2.05, 4.69) is 10.5 Å². The second-order valence-corrected chi connectivity index (χ2v) is 5.77. The molecule has 7 nitrogen and oxygen atoms in total. The van der Waals surface area contributed by atoms with Gasteiger partial charge in [0.2, 0.25) is 0 Å². The average molecular weight is 341 g/mol. The topological polar surface area (TPSA) is 107 Å². The van der Waals surface area contributed by atoms with Gasteiger partial charge in [0.1, 0.15) is 11.5 Å². The molecule has 130 valence electrons. The van der Waals surface area contributed by atoms with Crippen molar-refractivity contribution in [3.8, 4) is 5.75 Å². The highest BCUT2D eigenvalue weighted by atomic mass is 16.5. The summed E-state index contributed by atoms with van der Waals surface area (Å²) in [6.07, 6.45) is 2.23. The van der Waals surface area contributed by atoms with Crippen LogP contribution in [0.3, 0.4) is 0 Å². The molecule has 2 amide bonds. The second kappa shape index (κ2) is 7.21. The van der Waals surface area contributed by atoms with E-state index in [4.69, 9.17) is 14.9 Å². The summed E-state index contributed by atoms with van der Waals surface area (Å²) in [5, 5.41) is 4.20. The maximum atomic E-state index is 11.9. The van der Waals surface area contributed by atoms with Crippen LogP contribution in [0.4, 0.5) is 0 Å². The standard InChI is InChI=1S/C18H19N3O4/c1-11-16-13(8-5-9-14(16)25-17(11)18(19)23)20-21-15(22)10-24-12-6-3-2-4-7-12/h2-4,6-7H,5,8-10H2,1H3,(H2,19,23)(H,21,22)/b20-13+. The predicted molar refractivity (Wildman–Crippen MR) is 91.5 cm³/mol. The molecule has 1 heterocycles. The van der Waals surface area contributed by atoms with Crippen molar-refractivity contribution in [1.82, 2.24) is 5.43 Å². The molecule has 0 aliphatic heterocycles. The molecule has 0 fully saturated rings. The highest BCUT2D eigenvalue weighted by molar-refractivity contribution is 6.06. The van der Waals surface area contributed by atoms with Gasteiger partial charge in [0, 0.05) is 17.5 Å². The van der Waals surface area contributed by atoms with Crippen LogP contribution in [0.25, 0.3) is 0 Å². The van der Waals surface area contributed by atoms with E-state index < -0.39 is 5.91 Å². The van der Waals surface area contributed by atoms with Crippen LogP contribution in [-0.2, 0) is 11.2 Å². The summed E-state index contributed by atoms with van der Waals surface area (Å²) in [7, 11) is 0. The zero-order valence-electron chi connectivity index (χ0n) is 13.9. The first-order chi connectivity index (χ1) is 12.1. The highest BCUT2D eigenvalue weighted by Gasteiger charge is 2.27. The van der Waals surface area contributed by atoms with Gasteiger partial charge in [0.05, 0.1) is 5.71 Å². The Hall–Kier alpha value is -3.09. The molecule has 0 saturated heterocycles. The molecule has 1 aliphatic rings. The number of nitrogens with two attached hydrogens (primary N) is 1. The van der Waals surface area contributed by atoms with Gasteiger partial charge in [-0.05, 0) is 31.9 Å². The molecule has 0 unspecified atom stereocenters. The maximum Gasteiger partial charge on any atom is 0.284 e. The summed E-state index contributed by atoms with van der Waals surface area (Å²) >= 11 is 0. The number of furan rings is 1. The Morgan fingerprint density at radius 2 is 2.04 bits per heavy atom. The van der Waals surface area contributed by atoms with Crippen molar-refractivity contribution < 1.29 is 18.7 Å². The van der Waals surface area contributed by atoms with Gasteiger partial charge in [-0.25, -0.2) is 5.43 Å². The minimum Gasteiger partial charge on any atom is -0.484 e. The molecule has 25 heavy (non-hydrogen) atoms. The number of hydrogen-bond acceptors (Lipinski definition) is 5. The quantitative estimate of drug-likeness (QED) is 0.810. The molecule has 1 aromatic heterocycles. The van der Waals surface area contributed by atoms with Gasteiger partial charge in [0.25, 0.3) is 11.8 Å². The van der Waals surface area contributed by atoms with E-state index >= 15 is 0 Å². The lowest BCUT2D eigenvalue weighted by Crippen LogP contribution is -2.27. The summed E-state index contributed by atoms with van der Waals surface area (Å²) < 4.78 is 10.9. The van der Waals surface area contributed by atoms with Gasteiger partial charge in [-0.15, -0.1) is 0 Å². The van der Waals surface area contributed by atoms with E-state index in [0.29, 0.717) is 35.6 Å². The lowest BCUT2D eigenvalue weighted by Gasteiger charge is -2.13. The number of nitrogens with zero attached hydrogens (tertiary/aromatic N) is 1. The zero-order chi connectivity index (χ0) is 17.8. The van der Waals surface area contributed by atoms with Crippen LogP contribution in [0.2, 0.25) is 0 Å². The van der Waals surface area contributed by atoms with E-state index in [1.807, 2.05) is 18.2 Å². The van der Waals surface area contributed by atoms with Crippen LogP contribution >= 0.6 is 0 Å². The van der Waals surface area contributed by atoms with Gasteiger partial charge in [0.15, 0.2) is 12.4 Å². The summed E-state index contributed by atoms with van der Waals surface area (Å²) in [5.41, 5.74) is 9.94. The van der Waals surface area contributed by atoms with Gasteiger partial charge in [-0.2, -0.15) is 5.10 Å². The van der Waals surface area contributed by atoms with E-state index in [1.54, 1.807) is 19.1 Å². The Bertz CT molecular complexity index is 824. The van der Waals surface area contributed by atoms with Crippen molar-refractivity contribution in [2.45, 2.75) is 26.2 Å². The average Bonchev–Trinajstić information content (AvgIpc) is 2.97. The Kier molecular flexibility index (Phi) is 4.83. The molecule has 3 rings (SSSR count). The van der Waals surface area contributed by atoms with Crippen molar-refractivity contribution in [1.29, 1.82) is 0 Å². The largest absolute Gasteiger partial charge is 0.484 e. The van der Waals surface area contributed by atoms with Crippen molar-refractivity contribution in [2.24, 2.45) is 10.8 Å². The van der Waals surface area contributed by atoms with E-state index in [1.165, 1.54) is 0 Å². The molecule has 7 heteroatoms. The maximum absolute atomic E-state index is 11.9. The molecular formula is C18H19N3O4. The number of benzene rings is 1. The second-order valence-electron chi connectivity index (χ2n) is 5.77. The van der Waals surface area contributed by atoms with Gasteiger partial charge in [-0.3, -0.25) is 9.59 Å². The number of fused-ring (bicyclic) bond motifs is 1. The first-order valence-electron chi connectivity index (χ1n) is 8.02. The number of nitrogens with one attached hydrogen (secondary N) is 1. The number of primary amides is 1. The molecule has 0 atom stereocenters. The fourth-order valence-electron chi connectivity index (χ4n) is 2.84. The number of hydrazone groups is 1. The first kappa shape index (κ1) is 16.8.